The van der Waals surface area contributed by atoms with Crippen LogP contribution in [0.2, 0.25) is 0 Å². The van der Waals surface area contributed by atoms with E-state index in [1.165, 1.54) is 12.1 Å². The van der Waals surface area contributed by atoms with Crippen LogP contribution in [0.25, 0.3) is 22.2 Å². The Balaban J connectivity index is 1.52. The zero-order valence-electron chi connectivity index (χ0n) is 21.2. The van der Waals surface area contributed by atoms with E-state index in [9.17, 15) is 4.39 Å². The van der Waals surface area contributed by atoms with Gasteiger partial charge in [0, 0.05) is 31.7 Å². The molecule has 1 N–H and O–H groups in total. The number of rotatable bonds is 5. The van der Waals surface area contributed by atoms with Crippen molar-refractivity contribution < 1.29 is 18.3 Å². The highest BCUT2D eigenvalue weighted by Crippen LogP contribution is 2.40. The smallest absolute Gasteiger partial charge is 0.152 e. The van der Waals surface area contributed by atoms with Crippen LogP contribution in [0.1, 0.15) is 5.56 Å². The lowest BCUT2D eigenvalue weighted by Gasteiger charge is -2.32. The molecule has 4 aromatic rings. The monoisotopic (exact) mass is 517 g/mol. The zero-order chi connectivity index (χ0) is 26.1. The van der Waals surface area contributed by atoms with E-state index < -0.39 is 5.82 Å². The van der Waals surface area contributed by atoms with Gasteiger partial charge in [-0.05, 0) is 42.8 Å². The molecular formula is C29H29F2N5O2. The number of morpholine rings is 2. The number of pyridine rings is 2. The maximum absolute atomic E-state index is 15.3. The Hall–Kier alpha value is -3.82. The van der Waals surface area contributed by atoms with Gasteiger partial charge < -0.3 is 24.6 Å². The summed E-state index contributed by atoms with van der Waals surface area (Å²) in [6.07, 6.45) is 1.88. The van der Waals surface area contributed by atoms with Gasteiger partial charge in [-0.1, -0.05) is 18.2 Å². The average molecular weight is 518 g/mol. The van der Waals surface area contributed by atoms with Crippen molar-refractivity contribution >= 4 is 33.8 Å². The van der Waals surface area contributed by atoms with E-state index >= 15 is 4.39 Å². The van der Waals surface area contributed by atoms with E-state index in [1.807, 2.05) is 13.1 Å². The van der Waals surface area contributed by atoms with Crippen LogP contribution in [0.15, 0.2) is 54.7 Å². The first kappa shape index (κ1) is 24.5. The summed E-state index contributed by atoms with van der Waals surface area (Å²) in [6, 6.07) is 13.4. The molecule has 38 heavy (non-hydrogen) atoms. The van der Waals surface area contributed by atoms with E-state index in [0.717, 1.165) is 30.3 Å². The molecule has 0 spiro atoms. The van der Waals surface area contributed by atoms with Gasteiger partial charge in [-0.3, -0.25) is 0 Å². The number of nitrogens with zero attached hydrogens (tertiary/aromatic N) is 4. The molecule has 196 valence electrons. The number of aromatic nitrogens is 2. The van der Waals surface area contributed by atoms with Crippen molar-refractivity contribution in [2.45, 2.75) is 6.92 Å². The van der Waals surface area contributed by atoms with Gasteiger partial charge in [0.2, 0.25) is 0 Å². The highest BCUT2D eigenvalue weighted by atomic mass is 19.1. The lowest BCUT2D eigenvalue weighted by atomic mass is 10.0. The van der Waals surface area contributed by atoms with E-state index in [0.29, 0.717) is 72.9 Å². The summed E-state index contributed by atoms with van der Waals surface area (Å²) in [5.74, 6) is -0.0147. The SMILES string of the molecule is Cc1c(-c2ccccc2F)nc2cccc(F)c2c1Nc1cc(N2CCOCC2)cnc1N1CCOCC1. The third-order valence-corrected chi connectivity index (χ3v) is 7.13. The first-order valence-electron chi connectivity index (χ1n) is 12.9. The average Bonchev–Trinajstić information content (AvgIpc) is 2.96. The summed E-state index contributed by atoms with van der Waals surface area (Å²) in [5, 5.41) is 3.88. The first-order chi connectivity index (χ1) is 18.6. The fraction of sp³-hybridized carbons (Fsp3) is 0.310. The quantitative estimate of drug-likeness (QED) is 0.386. The minimum absolute atomic E-state index is 0.356. The Morgan fingerprint density at radius 1 is 0.842 bits per heavy atom. The zero-order valence-corrected chi connectivity index (χ0v) is 21.2. The molecule has 2 aromatic carbocycles. The highest BCUT2D eigenvalue weighted by Gasteiger charge is 2.23. The normalized spacial score (nSPS) is 16.2. The number of benzene rings is 2. The molecule has 2 aliphatic heterocycles. The van der Waals surface area contributed by atoms with Crippen LogP contribution in [0.4, 0.5) is 31.7 Å². The van der Waals surface area contributed by atoms with Crippen LogP contribution in [-0.2, 0) is 9.47 Å². The third-order valence-electron chi connectivity index (χ3n) is 7.13. The Morgan fingerprint density at radius 3 is 2.26 bits per heavy atom. The lowest BCUT2D eigenvalue weighted by molar-refractivity contribution is 0.122. The predicted octanol–water partition coefficient (Wildman–Crippen LogP) is 5.30. The second-order valence-electron chi connectivity index (χ2n) is 9.46. The molecule has 7 nitrogen and oxygen atoms in total. The summed E-state index contributed by atoms with van der Waals surface area (Å²) >= 11 is 0. The second kappa shape index (κ2) is 10.5. The number of hydrogen-bond donors (Lipinski definition) is 1. The number of ether oxygens (including phenoxy) is 2. The molecule has 0 saturated carbocycles. The fourth-order valence-electron chi connectivity index (χ4n) is 5.13. The molecule has 0 amide bonds. The topological polar surface area (TPSA) is 62.8 Å². The van der Waals surface area contributed by atoms with Crippen molar-refractivity contribution in [3.05, 3.63) is 71.9 Å². The van der Waals surface area contributed by atoms with Crippen LogP contribution in [0.5, 0.6) is 0 Å². The summed E-state index contributed by atoms with van der Waals surface area (Å²) in [4.78, 5) is 13.9. The Morgan fingerprint density at radius 2 is 1.53 bits per heavy atom. The van der Waals surface area contributed by atoms with Gasteiger partial charge in [0.1, 0.15) is 11.6 Å². The summed E-state index contributed by atoms with van der Waals surface area (Å²) in [6.45, 7) is 7.29. The minimum atomic E-state index is -0.397. The summed E-state index contributed by atoms with van der Waals surface area (Å²) < 4.78 is 41.3. The van der Waals surface area contributed by atoms with Gasteiger partial charge in [0.15, 0.2) is 5.82 Å². The van der Waals surface area contributed by atoms with Crippen molar-refractivity contribution in [1.82, 2.24) is 9.97 Å². The van der Waals surface area contributed by atoms with Crippen LogP contribution >= 0.6 is 0 Å². The molecule has 0 radical (unpaired) electrons. The van der Waals surface area contributed by atoms with Crippen molar-refractivity contribution in [3.8, 4) is 11.3 Å². The van der Waals surface area contributed by atoms with Crippen molar-refractivity contribution in [2.75, 3.05) is 67.7 Å². The maximum atomic E-state index is 15.3. The number of halogens is 2. The van der Waals surface area contributed by atoms with Crippen LogP contribution in [0, 0.1) is 18.6 Å². The Labute approximate surface area is 220 Å². The molecule has 2 fully saturated rings. The van der Waals surface area contributed by atoms with E-state index in [2.05, 4.69) is 26.2 Å². The summed E-state index contributed by atoms with van der Waals surface area (Å²) in [5.41, 5.74) is 4.18. The molecule has 2 aromatic heterocycles. The van der Waals surface area contributed by atoms with Gasteiger partial charge in [0.05, 0.1) is 66.3 Å². The van der Waals surface area contributed by atoms with Gasteiger partial charge in [-0.25, -0.2) is 18.7 Å². The molecule has 0 unspecified atom stereocenters. The van der Waals surface area contributed by atoms with Crippen LogP contribution < -0.4 is 15.1 Å². The second-order valence-corrected chi connectivity index (χ2v) is 9.46. The minimum Gasteiger partial charge on any atom is -0.378 e. The van der Waals surface area contributed by atoms with E-state index in [1.54, 1.807) is 30.3 Å². The van der Waals surface area contributed by atoms with Crippen molar-refractivity contribution in [3.63, 3.8) is 0 Å². The maximum Gasteiger partial charge on any atom is 0.152 e. The molecule has 0 atom stereocenters. The summed E-state index contributed by atoms with van der Waals surface area (Å²) in [7, 11) is 0. The lowest BCUT2D eigenvalue weighted by Crippen LogP contribution is -2.38. The number of nitrogens with one attached hydrogen (secondary N) is 1. The molecule has 0 aliphatic carbocycles. The third kappa shape index (κ3) is 4.63. The van der Waals surface area contributed by atoms with E-state index in [4.69, 9.17) is 14.5 Å². The fourth-order valence-corrected chi connectivity index (χ4v) is 5.13. The largest absolute Gasteiger partial charge is 0.378 e. The van der Waals surface area contributed by atoms with Gasteiger partial charge in [-0.2, -0.15) is 0 Å². The Bertz CT molecular complexity index is 1470. The molecule has 0 bridgehead atoms. The van der Waals surface area contributed by atoms with Gasteiger partial charge in [-0.15, -0.1) is 0 Å². The highest BCUT2D eigenvalue weighted by molar-refractivity contribution is 5.99. The molecular weight excluding hydrogens is 488 g/mol. The molecule has 2 saturated heterocycles. The van der Waals surface area contributed by atoms with Gasteiger partial charge >= 0.3 is 0 Å². The predicted molar refractivity (Wildman–Crippen MR) is 145 cm³/mol. The molecule has 2 aliphatic rings. The van der Waals surface area contributed by atoms with Crippen LogP contribution in [-0.4, -0.2) is 62.6 Å². The Kier molecular flexibility index (Phi) is 6.78. The number of anilines is 4. The van der Waals surface area contributed by atoms with Gasteiger partial charge in [0.25, 0.3) is 0 Å². The molecule has 9 heteroatoms. The van der Waals surface area contributed by atoms with Crippen molar-refractivity contribution in [1.29, 1.82) is 0 Å². The number of hydrogen-bond acceptors (Lipinski definition) is 7. The number of fused-ring (bicyclic) bond motifs is 1. The standard InChI is InChI=1S/C29H29F2N5O2/c1-19-27(21-5-2-3-6-22(21)30)33-24-8-4-7-23(31)26(24)28(19)34-25-17-20(35-9-13-37-14-10-35)18-32-29(25)36-11-15-38-16-12-36/h2-8,17-18H,9-16H2,1H3,(H,33,34). The van der Waals surface area contributed by atoms with Crippen molar-refractivity contribution in [2.24, 2.45) is 0 Å². The van der Waals surface area contributed by atoms with E-state index in [-0.39, 0.29) is 5.82 Å². The molecule has 6 rings (SSSR count). The first-order valence-corrected chi connectivity index (χ1v) is 12.9. The van der Waals surface area contributed by atoms with Crippen LogP contribution in [0.3, 0.4) is 0 Å². The molecule has 4 heterocycles.